The van der Waals surface area contributed by atoms with E-state index in [1.165, 1.54) is 5.56 Å². The Hall–Kier alpha value is -2.93. The number of hydrogen-bond acceptors (Lipinski definition) is 4. The van der Waals surface area contributed by atoms with E-state index < -0.39 is 12.1 Å². The van der Waals surface area contributed by atoms with E-state index in [1.807, 2.05) is 29.2 Å². The molecule has 2 heterocycles. The highest BCUT2D eigenvalue weighted by molar-refractivity contribution is 6.31. The Morgan fingerprint density at radius 1 is 1.12 bits per heavy atom. The number of urea groups is 1. The minimum absolute atomic E-state index is 0.0412. The molecule has 1 saturated carbocycles. The molecule has 2 aliphatic heterocycles. The summed E-state index contributed by atoms with van der Waals surface area (Å²) in [6.45, 7) is 2.24. The lowest BCUT2D eigenvalue weighted by Gasteiger charge is -2.43. The molecule has 2 aromatic carbocycles. The van der Waals surface area contributed by atoms with E-state index >= 15 is 0 Å². The highest BCUT2D eigenvalue weighted by Gasteiger charge is 2.44. The van der Waals surface area contributed by atoms with Crippen molar-refractivity contribution in [3.8, 4) is 11.5 Å². The third-order valence-corrected chi connectivity index (χ3v) is 7.43. The van der Waals surface area contributed by atoms with Crippen molar-refractivity contribution < 1.29 is 19.1 Å². The normalized spacial score (nSPS) is 19.1. The fourth-order valence-corrected chi connectivity index (χ4v) is 5.86. The SMILES string of the molecule is NC(=O)NC(CC(=O)N1Cc2cc3c(cc2C2(CCCC2)C1)OCCO3)c1ccccc1Cl. The zero-order valence-corrected chi connectivity index (χ0v) is 19.2. The molecule has 0 saturated heterocycles. The highest BCUT2D eigenvalue weighted by atomic mass is 35.5. The number of benzene rings is 2. The van der Waals surface area contributed by atoms with Gasteiger partial charge in [-0.25, -0.2) is 4.79 Å². The minimum atomic E-state index is -0.687. The predicted molar refractivity (Wildman–Crippen MR) is 125 cm³/mol. The Kier molecular flexibility index (Phi) is 5.83. The van der Waals surface area contributed by atoms with Crippen LogP contribution in [0.1, 0.15) is 54.8 Å². The number of halogens is 1. The van der Waals surface area contributed by atoms with Crippen LogP contribution < -0.4 is 20.5 Å². The van der Waals surface area contributed by atoms with Crippen LogP contribution in [0.3, 0.4) is 0 Å². The standard InChI is InChI=1S/C25H28ClN3O4/c26-19-6-2-1-5-17(19)20(28-24(27)31)13-23(30)29-14-16-11-21-22(33-10-9-32-21)12-18(16)25(15-29)7-3-4-8-25/h1-2,5-6,11-12,20H,3-4,7-10,13-15H2,(H3,27,28,31). The van der Waals surface area contributed by atoms with E-state index in [0.29, 0.717) is 36.9 Å². The van der Waals surface area contributed by atoms with Gasteiger partial charge >= 0.3 is 6.03 Å². The molecule has 1 aliphatic carbocycles. The summed E-state index contributed by atoms with van der Waals surface area (Å²) in [7, 11) is 0. The Bertz CT molecular complexity index is 1080. The summed E-state index contributed by atoms with van der Waals surface area (Å²) in [4.78, 5) is 27.1. The molecular weight excluding hydrogens is 442 g/mol. The van der Waals surface area contributed by atoms with E-state index in [1.54, 1.807) is 6.07 Å². The van der Waals surface area contributed by atoms with Gasteiger partial charge in [0.05, 0.1) is 12.5 Å². The van der Waals surface area contributed by atoms with Crippen LogP contribution in [0.2, 0.25) is 5.02 Å². The molecule has 1 spiro atoms. The van der Waals surface area contributed by atoms with Gasteiger partial charge in [0.25, 0.3) is 0 Å². The number of ether oxygens (including phenoxy) is 2. The van der Waals surface area contributed by atoms with E-state index in [0.717, 1.165) is 42.7 Å². The fourth-order valence-electron chi connectivity index (χ4n) is 5.59. The molecule has 3 amide bonds. The van der Waals surface area contributed by atoms with Crippen LogP contribution in [0.15, 0.2) is 36.4 Å². The summed E-state index contributed by atoms with van der Waals surface area (Å²) in [5.74, 6) is 1.50. The summed E-state index contributed by atoms with van der Waals surface area (Å²) >= 11 is 6.36. The van der Waals surface area contributed by atoms with Crippen molar-refractivity contribution >= 4 is 23.5 Å². The van der Waals surface area contributed by atoms with Gasteiger partial charge in [-0.3, -0.25) is 4.79 Å². The van der Waals surface area contributed by atoms with Crippen molar-refractivity contribution in [2.24, 2.45) is 5.73 Å². The first-order chi connectivity index (χ1) is 15.9. The second kappa shape index (κ2) is 8.78. The molecule has 3 aliphatic rings. The van der Waals surface area contributed by atoms with E-state index in [9.17, 15) is 9.59 Å². The number of hydrogen-bond donors (Lipinski definition) is 2. The second-order valence-electron chi connectivity index (χ2n) is 9.18. The molecule has 0 aromatic heterocycles. The van der Waals surface area contributed by atoms with Gasteiger partial charge in [0, 0.05) is 23.5 Å². The van der Waals surface area contributed by atoms with Gasteiger partial charge < -0.3 is 25.4 Å². The maximum Gasteiger partial charge on any atom is 0.312 e. The van der Waals surface area contributed by atoms with Crippen molar-refractivity contribution in [3.63, 3.8) is 0 Å². The number of fused-ring (bicyclic) bond motifs is 3. The topological polar surface area (TPSA) is 93.9 Å². The summed E-state index contributed by atoms with van der Waals surface area (Å²) in [6.07, 6.45) is 4.44. The maximum absolute atomic E-state index is 13.5. The summed E-state index contributed by atoms with van der Waals surface area (Å²) in [5, 5.41) is 3.19. The van der Waals surface area contributed by atoms with Crippen LogP contribution in [-0.2, 0) is 16.8 Å². The fraction of sp³-hybridized carbons (Fsp3) is 0.440. The first-order valence-electron chi connectivity index (χ1n) is 11.5. The van der Waals surface area contributed by atoms with Gasteiger partial charge in [0.2, 0.25) is 5.91 Å². The molecule has 1 fully saturated rings. The average Bonchev–Trinajstić information content (AvgIpc) is 3.26. The van der Waals surface area contributed by atoms with Gasteiger partial charge in [0.1, 0.15) is 13.2 Å². The zero-order chi connectivity index (χ0) is 23.0. The number of rotatable bonds is 4. The van der Waals surface area contributed by atoms with Crippen LogP contribution in [0, 0.1) is 0 Å². The molecule has 174 valence electrons. The third kappa shape index (κ3) is 4.22. The van der Waals surface area contributed by atoms with Crippen LogP contribution >= 0.6 is 11.6 Å². The van der Waals surface area contributed by atoms with Crippen molar-refractivity contribution in [1.29, 1.82) is 0 Å². The summed E-state index contributed by atoms with van der Waals surface area (Å²) in [5.41, 5.74) is 8.41. The van der Waals surface area contributed by atoms with Crippen LogP contribution in [0.4, 0.5) is 4.79 Å². The van der Waals surface area contributed by atoms with Crippen molar-refractivity contribution in [1.82, 2.24) is 10.2 Å². The lowest BCUT2D eigenvalue weighted by atomic mass is 9.73. The van der Waals surface area contributed by atoms with Crippen LogP contribution in [0.5, 0.6) is 11.5 Å². The van der Waals surface area contributed by atoms with Crippen LogP contribution in [0.25, 0.3) is 0 Å². The lowest BCUT2D eigenvalue weighted by molar-refractivity contribution is -0.133. The van der Waals surface area contributed by atoms with Gasteiger partial charge in [-0.2, -0.15) is 0 Å². The molecule has 0 bridgehead atoms. The molecule has 0 radical (unpaired) electrons. The molecule has 33 heavy (non-hydrogen) atoms. The summed E-state index contributed by atoms with van der Waals surface area (Å²) < 4.78 is 11.7. The number of amides is 3. The first-order valence-corrected chi connectivity index (χ1v) is 11.8. The molecule has 1 unspecified atom stereocenters. The van der Waals surface area contributed by atoms with E-state index in [-0.39, 0.29) is 17.7 Å². The molecular formula is C25H28ClN3O4. The van der Waals surface area contributed by atoms with Gasteiger partial charge in [-0.1, -0.05) is 42.6 Å². The molecule has 8 heteroatoms. The highest BCUT2D eigenvalue weighted by Crippen LogP contribution is 2.49. The number of nitrogens with zero attached hydrogens (tertiary/aromatic N) is 1. The van der Waals surface area contributed by atoms with Crippen LogP contribution in [-0.4, -0.2) is 36.6 Å². The molecule has 2 aromatic rings. The zero-order valence-electron chi connectivity index (χ0n) is 18.4. The molecule has 1 atom stereocenters. The van der Waals surface area contributed by atoms with Gasteiger partial charge in [0.15, 0.2) is 11.5 Å². The van der Waals surface area contributed by atoms with E-state index in [4.69, 9.17) is 26.8 Å². The minimum Gasteiger partial charge on any atom is -0.486 e. The Morgan fingerprint density at radius 2 is 1.82 bits per heavy atom. The third-order valence-electron chi connectivity index (χ3n) is 7.08. The number of nitrogens with one attached hydrogen (secondary N) is 1. The average molecular weight is 470 g/mol. The smallest absolute Gasteiger partial charge is 0.312 e. The number of nitrogens with two attached hydrogens (primary N) is 1. The van der Waals surface area contributed by atoms with Crippen molar-refractivity contribution in [2.45, 2.75) is 50.1 Å². The number of carbonyl (C=O) groups is 2. The predicted octanol–water partition coefficient (Wildman–Crippen LogP) is 4.06. The Morgan fingerprint density at radius 3 is 2.52 bits per heavy atom. The molecule has 5 rings (SSSR count). The van der Waals surface area contributed by atoms with Gasteiger partial charge in [-0.05, 0) is 47.7 Å². The second-order valence-corrected chi connectivity index (χ2v) is 9.58. The largest absolute Gasteiger partial charge is 0.486 e. The van der Waals surface area contributed by atoms with Gasteiger partial charge in [-0.15, -0.1) is 0 Å². The monoisotopic (exact) mass is 469 g/mol. The maximum atomic E-state index is 13.5. The number of carbonyl (C=O) groups excluding carboxylic acids is 2. The van der Waals surface area contributed by atoms with Crippen molar-refractivity contribution in [2.75, 3.05) is 19.8 Å². The van der Waals surface area contributed by atoms with E-state index in [2.05, 4.69) is 11.4 Å². The Balaban J connectivity index is 1.44. The Labute approximate surface area is 198 Å². The lowest BCUT2D eigenvalue weighted by Crippen LogP contribution is -2.48. The van der Waals surface area contributed by atoms with Crippen molar-refractivity contribution in [3.05, 3.63) is 58.1 Å². The number of primary amides is 1. The molecule has 7 nitrogen and oxygen atoms in total. The first kappa shape index (κ1) is 21.9. The quantitative estimate of drug-likeness (QED) is 0.705. The molecule has 3 N–H and O–H groups in total. The summed E-state index contributed by atoms with van der Waals surface area (Å²) in [6, 6.07) is 10.1.